The summed E-state index contributed by atoms with van der Waals surface area (Å²) in [4.78, 5) is 37.5. The van der Waals surface area contributed by atoms with Crippen LogP contribution in [0.4, 0.5) is 5.69 Å². The Labute approximate surface area is 123 Å². The lowest BCUT2D eigenvalue weighted by Gasteiger charge is -2.33. The Balaban J connectivity index is 2.39. The van der Waals surface area contributed by atoms with Crippen LogP contribution >= 0.6 is 0 Å². The number of anilines is 1. The van der Waals surface area contributed by atoms with Crippen LogP contribution in [0, 0.1) is 6.92 Å². The molecule has 0 aliphatic carbocycles. The van der Waals surface area contributed by atoms with Crippen molar-refractivity contribution in [3.63, 3.8) is 0 Å². The lowest BCUT2D eigenvalue weighted by Crippen LogP contribution is -2.59. The molecule has 0 saturated carbocycles. The van der Waals surface area contributed by atoms with Gasteiger partial charge >= 0.3 is 0 Å². The summed E-state index contributed by atoms with van der Waals surface area (Å²) < 4.78 is 0. The van der Waals surface area contributed by atoms with Gasteiger partial charge in [0.25, 0.3) is 5.91 Å². The minimum Gasteiger partial charge on any atom is -0.387 e. The maximum atomic E-state index is 12.7. The van der Waals surface area contributed by atoms with E-state index in [9.17, 15) is 14.4 Å². The van der Waals surface area contributed by atoms with Crippen LogP contribution in [-0.4, -0.2) is 42.3 Å². The van der Waals surface area contributed by atoms with Crippen LogP contribution in [0.1, 0.15) is 29.3 Å². The summed E-state index contributed by atoms with van der Waals surface area (Å²) in [5.41, 5.74) is 2.09. The molecule has 6 heteroatoms. The first-order chi connectivity index (χ1) is 9.97. The largest absolute Gasteiger partial charge is 0.387 e. The zero-order chi connectivity index (χ0) is 15.6. The molecule has 1 unspecified atom stereocenters. The van der Waals surface area contributed by atoms with E-state index in [1.807, 2.05) is 26.0 Å². The van der Waals surface area contributed by atoms with E-state index >= 15 is 0 Å². The summed E-state index contributed by atoms with van der Waals surface area (Å²) in [6.07, 6.45) is 0.464. The van der Waals surface area contributed by atoms with Gasteiger partial charge in [0, 0.05) is 12.7 Å². The van der Waals surface area contributed by atoms with Crippen LogP contribution in [0.5, 0.6) is 0 Å². The smallest absolute Gasteiger partial charge is 0.257 e. The fourth-order valence-electron chi connectivity index (χ4n) is 2.49. The molecule has 1 fully saturated rings. The SMILES string of the molecule is CCC1C(=O)NC(=O)CN1C(=O)c1cc(C)ccc1NC. The van der Waals surface area contributed by atoms with Crippen molar-refractivity contribution >= 4 is 23.4 Å². The number of amides is 3. The number of hydrogen-bond acceptors (Lipinski definition) is 4. The van der Waals surface area contributed by atoms with E-state index in [0.717, 1.165) is 5.56 Å². The van der Waals surface area contributed by atoms with Crippen LogP contribution in [0.3, 0.4) is 0 Å². The second-order valence-corrected chi connectivity index (χ2v) is 5.07. The van der Waals surface area contributed by atoms with Gasteiger partial charge in [0.05, 0.1) is 5.56 Å². The first kappa shape index (κ1) is 15.0. The van der Waals surface area contributed by atoms with Crippen LogP contribution < -0.4 is 10.6 Å². The number of piperazine rings is 1. The number of hydrogen-bond donors (Lipinski definition) is 2. The van der Waals surface area contributed by atoms with E-state index in [2.05, 4.69) is 10.6 Å². The zero-order valence-corrected chi connectivity index (χ0v) is 12.4. The van der Waals surface area contributed by atoms with E-state index in [4.69, 9.17) is 0 Å². The predicted octanol–water partition coefficient (Wildman–Crippen LogP) is 0.914. The van der Waals surface area contributed by atoms with Crippen LogP contribution in [0.2, 0.25) is 0 Å². The van der Waals surface area contributed by atoms with Crippen molar-refractivity contribution in [2.24, 2.45) is 0 Å². The Bertz CT molecular complexity index is 598. The van der Waals surface area contributed by atoms with Gasteiger partial charge in [0.1, 0.15) is 12.6 Å². The molecule has 1 aromatic rings. The van der Waals surface area contributed by atoms with Crippen LogP contribution in [-0.2, 0) is 9.59 Å². The fourth-order valence-corrected chi connectivity index (χ4v) is 2.49. The average Bonchev–Trinajstić information content (AvgIpc) is 2.45. The third kappa shape index (κ3) is 2.89. The number of carbonyl (C=O) groups excluding carboxylic acids is 3. The number of nitrogens with one attached hydrogen (secondary N) is 2. The molecule has 1 atom stereocenters. The van der Waals surface area contributed by atoms with E-state index in [0.29, 0.717) is 17.7 Å². The van der Waals surface area contributed by atoms with Gasteiger partial charge in [-0.1, -0.05) is 18.6 Å². The maximum Gasteiger partial charge on any atom is 0.257 e. The summed E-state index contributed by atoms with van der Waals surface area (Å²) in [6.45, 7) is 3.61. The van der Waals surface area contributed by atoms with Crippen molar-refractivity contribution in [2.75, 3.05) is 18.9 Å². The van der Waals surface area contributed by atoms with Gasteiger partial charge in [-0.25, -0.2) is 0 Å². The summed E-state index contributed by atoms with van der Waals surface area (Å²) in [5, 5.41) is 5.23. The Hall–Kier alpha value is -2.37. The molecule has 2 N–H and O–H groups in total. The van der Waals surface area contributed by atoms with Gasteiger partial charge in [-0.15, -0.1) is 0 Å². The Morgan fingerprint density at radius 3 is 2.76 bits per heavy atom. The molecule has 3 amide bonds. The van der Waals surface area contributed by atoms with Crippen molar-refractivity contribution in [1.29, 1.82) is 0 Å². The standard InChI is InChI=1S/C15H19N3O3/c1-4-12-14(20)17-13(19)8-18(12)15(21)10-7-9(2)5-6-11(10)16-3/h5-7,12,16H,4,8H2,1-3H3,(H,17,19,20). The lowest BCUT2D eigenvalue weighted by molar-refractivity contribution is -0.138. The molecule has 1 saturated heterocycles. The second-order valence-electron chi connectivity index (χ2n) is 5.07. The van der Waals surface area contributed by atoms with Crippen LogP contribution in [0.25, 0.3) is 0 Å². The highest BCUT2D eigenvalue weighted by atomic mass is 16.2. The third-order valence-electron chi connectivity index (χ3n) is 3.58. The number of benzene rings is 1. The van der Waals surface area contributed by atoms with Gasteiger partial charge in [0.15, 0.2) is 0 Å². The number of nitrogens with zero attached hydrogens (tertiary/aromatic N) is 1. The summed E-state index contributed by atoms with van der Waals surface area (Å²) >= 11 is 0. The highest BCUT2D eigenvalue weighted by Gasteiger charge is 2.36. The Kier molecular flexibility index (Phi) is 4.26. The molecule has 21 heavy (non-hydrogen) atoms. The molecule has 0 aromatic heterocycles. The van der Waals surface area contributed by atoms with Gasteiger partial charge in [-0.3, -0.25) is 19.7 Å². The molecular formula is C15H19N3O3. The molecule has 2 rings (SSSR count). The molecular weight excluding hydrogens is 270 g/mol. The van der Waals surface area contributed by atoms with E-state index < -0.39 is 17.9 Å². The molecule has 6 nitrogen and oxygen atoms in total. The lowest BCUT2D eigenvalue weighted by atomic mass is 10.0. The number of aryl methyl sites for hydroxylation is 1. The summed E-state index contributed by atoms with van der Waals surface area (Å²) in [6, 6.07) is 4.86. The molecule has 0 radical (unpaired) electrons. The molecule has 0 spiro atoms. The van der Waals surface area contributed by atoms with E-state index in [1.54, 1.807) is 13.1 Å². The Morgan fingerprint density at radius 1 is 1.43 bits per heavy atom. The third-order valence-corrected chi connectivity index (χ3v) is 3.58. The predicted molar refractivity (Wildman–Crippen MR) is 79.0 cm³/mol. The summed E-state index contributed by atoms with van der Waals surface area (Å²) in [7, 11) is 1.73. The van der Waals surface area contributed by atoms with Crippen molar-refractivity contribution < 1.29 is 14.4 Å². The van der Waals surface area contributed by atoms with Gasteiger partial charge in [0.2, 0.25) is 11.8 Å². The van der Waals surface area contributed by atoms with Gasteiger partial charge < -0.3 is 10.2 Å². The highest BCUT2D eigenvalue weighted by molar-refractivity contribution is 6.08. The quantitative estimate of drug-likeness (QED) is 0.811. The van der Waals surface area contributed by atoms with Crippen molar-refractivity contribution in [2.45, 2.75) is 26.3 Å². The molecule has 0 bridgehead atoms. The highest BCUT2D eigenvalue weighted by Crippen LogP contribution is 2.21. The van der Waals surface area contributed by atoms with Crippen molar-refractivity contribution in [1.82, 2.24) is 10.2 Å². The molecule has 1 heterocycles. The molecule has 1 aliphatic rings. The first-order valence-electron chi connectivity index (χ1n) is 6.91. The van der Waals surface area contributed by atoms with E-state index in [1.165, 1.54) is 4.90 Å². The van der Waals surface area contributed by atoms with Gasteiger partial charge in [-0.05, 0) is 25.5 Å². The number of imide groups is 1. The van der Waals surface area contributed by atoms with Crippen molar-refractivity contribution in [3.05, 3.63) is 29.3 Å². The first-order valence-corrected chi connectivity index (χ1v) is 6.91. The van der Waals surface area contributed by atoms with E-state index in [-0.39, 0.29) is 12.5 Å². The maximum absolute atomic E-state index is 12.7. The number of carbonyl (C=O) groups is 3. The monoisotopic (exact) mass is 289 g/mol. The molecule has 112 valence electrons. The van der Waals surface area contributed by atoms with Gasteiger partial charge in [-0.2, -0.15) is 0 Å². The molecule has 1 aromatic carbocycles. The topological polar surface area (TPSA) is 78.5 Å². The minimum atomic E-state index is -0.611. The Morgan fingerprint density at radius 2 is 2.14 bits per heavy atom. The van der Waals surface area contributed by atoms with Crippen LogP contribution in [0.15, 0.2) is 18.2 Å². The van der Waals surface area contributed by atoms with Crippen molar-refractivity contribution in [3.8, 4) is 0 Å². The minimum absolute atomic E-state index is 0.0970. The molecule has 1 aliphatic heterocycles. The summed E-state index contributed by atoms with van der Waals surface area (Å²) in [5.74, 6) is -1.17. The fraction of sp³-hybridized carbons (Fsp3) is 0.400. The number of rotatable bonds is 3. The average molecular weight is 289 g/mol. The zero-order valence-electron chi connectivity index (χ0n) is 12.4. The second kappa shape index (κ2) is 5.95. The normalized spacial score (nSPS) is 18.4.